The highest BCUT2D eigenvalue weighted by molar-refractivity contribution is 5.69. The Hall–Kier alpha value is -1.58. The number of esters is 1. The Labute approximate surface area is 140 Å². The van der Waals surface area contributed by atoms with Gasteiger partial charge in [0.2, 0.25) is 0 Å². The molecule has 0 aliphatic carbocycles. The van der Waals surface area contributed by atoms with Gasteiger partial charge >= 0.3 is 11.9 Å². The molecule has 0 aromatic heterocycles. The second-order valence-electron chi connectivity index (χ2n) is 5.86. The number of carbonyl (C=O) groups excluding carboxylic acids is 1. The van der Waals surface area contributed by atoms with Crippen LogP contribution in [0.2, 0.25) is 0 Å². The van der Waals surface area contributed by atoms with Crippen molar-refractivity contribution in [3.05, 3.63) is 25.3 Å². The highest BCUT2D eigenvalue weighted by atomic mass is 16.5. The number of carbonyl (C=O) groups is 2. The molecule has 132 valence electrons. The van der Waals surface area contributed by atoms with Gasteiger partial charge in [0.25, 0.3) is 0 Å². The first-order chi connectivity index (χ1) is 11.1. The van der Waals surface area contributed by atoms with Crippen molar-refractivity contribution < 1.29 is 19.4 Å². The zero-order chi connectivity index (χ0) is 17.3. The molecule has 1 N–H and O–H groups in total. The zero-order valence-corrected chi connectivity index (χ0v) is 14.3. The number of carboxylic acids is 1. The summed E-state index contributed by atoms with van der Waals surface area (Å²) in [5.74, 6) is -0.892. The number of aliphatic carboxylic acids is 1. The topological polar surface area (TPSA) is 63.6 Å². The molecule has 4 heteroatoms. The molecule has 0 aliphatic heterocycles. The largest absolute Gasteiger partial charge is 0.481 e. The van der Waals surface area contributed by atoms with E-state index in [2.05, 4.69) is 13.2 Å². The fraction of sp³-hybridized carbons (Fsp3) is 0.684. The summed E-state index contributed by atoms with van der Waals surface area (Å²) < 4.78 is 5.59. The van der Waals surface area contributed by atoms with Gasteiger partial charge in [0.15, 0.2) is 0 Å². The number of carboxylic acid groups (broad SMARTS) is 1. The smallest absolute Gasteiger partial charge is 0.306 e. The van der Waals surface area contributed by atoms with E-state index in [1.165, 1.54) is 0 Å². The Bertz CT molecular complexity index is 335. The van der Waals surface area contributed by atoms with Crippen LogP contribution in [0.4, 0.5) is 0 Å². The van der Waals surface area contributed by atoms with Crippen molar-refractivity contribution in [2.24, 2.45) is 0 Å². The van der Waals surface area contributed by atoms with Gasteiger partial charge in [-0.15, -0.1) is 13.2 Å². The Balaban J connectivity index is 3.88. The Morgan fingerprint density at radius 1 is 0.870 bits per heavy atom. The second-order valence-corrected chi connectivity index (χ2v) is 5.86. The molecule has 0 aliphatic rings. The average molecular weight is 324 g/mol. The lowest BCUT2D eigenvalue weighted by atomic mass is 10.1. The summed E-state index contributed by atoms with van der Waals surface area (Å²) in [6.45, 7) is 7.42. The van der Waals surface area contributed by atoms with Gasteiger partial charge < -0.3 is 9.84 Å². The number of hydrogen-bond donors (Lipinski definition) is 1. The molecule has 23 heavy (non-hydrogen) atoms. The van der Waals surface area contributed by atoms with E-state index in [-0.39, 0.29) is 18.5 Å². The maximum Gasteiger partial charge on any atom is 0.306 e. The first kappa shape index (κ1) is 21.4. The fourth-order valence-corrected chi connectivity index (χ4v) is 2.39. The molecular formula is C19H32O4. The number of ether oxygens (including phenoxy) is 1. The molecule has 0 atom stereocenters. The minimum atomic E-state index is -0.758. The fourth-order valence-electron chi connectivity index (χ4n) is 2.39. The van der Waals surface area contributed by atoms with E-state index in [0.717, 1.165) is 57.8 Å². The summed E-state index contributed by atoms with van der Waals surface area (Å²) >= 11 is 0. The highest BCUT2D eigenvalue weighted by Gasteiger charge is 2.13. The standard InChI is InChI=1S/C19H32O4/c1-3-5-9-13-17(14-10-6-4-2)23-19(22)16-12-8-7-11-15-18(20)21/h3-4,17H,1-2,5-16H2,(H,20,21). The van der Waals surface area contributed by atoms with Crippen LogP contribution in [0.1, 0.15) is 77.0 Å². The third-order valence-electron chi connectivity index (χ3n) is 3.69. The lowest BCUT2D eigenvalue weighted by molar-refractivity contribution is -0.150. The molecule has 0 spiro atoms. The maximum atomic E-state index is 11.9. The van der Waals surface area contributed by atoms with Crippen LogP contribution in [0.3, 0.4) is 0 Å². The maximum absolute atomic E-state index is 11.9. The zero-order valence-electron chi connectivity index (χ0n) is 14.3. The molecule has 0 radical (unpaired) electrons. The molecule has 0 amide bonds. The van der Waals surface area contributed by atoms with E-state index in [0.29, 0.717) is 12.8 Å². The molecule has 0 saturated heterocycles. The van der Waals surface area contributed by atoms with Crippen LogP contribution in [0.25, 0.3) is 0 Å². The van der Waals surface area contributed by atoms with Crippen LogP contribution in [0, 0.1) is 0 Å². The van der Waals surface area contributed by atoms with Gasteiger partial charge in [0.1, 0.15) is 6.10 Å². The van der Waals surface area contributed by atoms with Crippen molar-refractivity contribution in [3.8, 4) is 0 Å². The van der Waals surface area contributed by atoms with Gasteiger partial charge in [0.05, 0.1) is 0 Å². The van der Waals surface area contributed by atoms with Gasteiger partial charge in [-0.2, -0.15) is 0 Å². The predicted octanol–water partition coefficient (Wildman–Crippen LogP) is 5.04. The first-order valence-electron chi connectivity index (χ1n) is 8.73. The van der Waals surface area contributed by atoms with E-state index in [9.17, 15) is 9.59 Å². The van der Waals surface area contributed by atoms with Gasteiger partial charge in [0, 0.05) is 12.8 Å². The number of hydrogen-bond acceptors (Lipinski definition) is 3. The molecule has 0 fully saturated rings. The van der Waals surface area contributed by atoms with Crippen LogP contribution >= 0.6 is 0 Å². The van der Waals surface area contributed by atoms with Crippen LogP contribution < -0.4 is 0 Å². The minimum absolute atomic E-state index is 0.00518. The van der Waals surface area contributed by atoms with E-state index in [1.807, 2.05) is 12.2 Å². The van der Waals surface area contributed by atoms with E-state index in [4.69, 9.17) is 9.84 Å². The van der Waals surface area contributed by atoms with Crippen LogP contribution in [-0.2, 0) is 14.3 Å². The van der Waals surface area contributed by atoms with Crippen molar-refractivity contribution >= 4 is 11.9 Å². The average Bonchev–Trinajstić information content (AvgIpc) is 2.50. The molecule has 0 unspecified atom stereocenters. The van der Waals surface area contributed by atoms with Crippen molar-refractivity contribution in [2.75, 3.05) is 0 Å². The summed E-state index contributed by atoms with van der Waals surface area (Å²) in [5.41, 5.74) is 0. The molecule has 0 aromatic carbocycles. The molecule has 0 aromatic rings. The monoisotopic (exact) mass is 324 g/mol. The van der Waals surface area contributed by atoms with E-state index >= 15 is 0 Å². The number of unbranched alkanes of at least 4 members (excludes halogenated alkanes) is 5. The molecule has 0 heterocycles. The van der Waals surface area contributed by atoms with Crippen molar-refractivity contribution in [3.63, 3.8) is 0 Å². The third-order valence-corrected chi connectivity index (χ3v) is 3.69. The Morgan fingerprint density at radius 3 is 1.87 bits per heavy atom. The van der Waals surface area contributed by atoms with Crippen LogP contribution in [0.15, 0.2) is 25.3 Å². The lowest BCUT2D eigenvalue weighted by Gasteiger charge is -2.17. The van der Waals surface area contributed by atoms with Crippen LogP contribution in [-0.4, -0.2) is 23.1 Å². The Morgan fingerprint density at radius 2 is 1.39 bits per heavy atom. The van der Waals surface area contributed by atoms with Crippen molar-refractivity contribution in [1.82, 2.24) is 0 Å². The molecular weight excluding hydrogens is 292 g/mol. The summed E-state index contributed by atoms with van der Waals surface area (Å²) in [6, 6.07) is 0. The quantitative estimate of drug-likeness (QED) is 0.245. The van der Waals surface area contributed by atoms with Crippen molar-refractivity contribution in [1.29, 1.82) is 0 Å². The van der Waals surface area contributed by atoms with Crippen LogP contribution in [0.5, 0.6) is 0 Å². The summed E-state index contributed by atoms with van der Waals surface area (Å²) in [4.78, 5) is 22.3. The van der Waals surface area contributed by atoms with Crippen molar-refractivity contribution in [2.45, 2.75) is 83.2 Å². The molecule has 4 nitrogen and oxygen atoms in total. The lowest BCUT2D eigenvalue weighted by Crippen LogP contribution is -2.18. The normalized spacial score (nSPS) is 10.5. The van der Waals surface area contributed by atoms with E-state index in [1.54, 1.807) is 0 Å². The summed E-state index contributed by atoms with van der Waals surface area (Å²) in [5, 5.41) is 8.55. The number of allylic oxidation sites excluding steroid dienone is 2. The second kappa shape index (κ2) is 15.3. The number of rotatable bonds is 16. The molecule has 0 bridgehead atoms. The SMILES string of the molecule is C=CCCCC(CCCC=C)OC(=O)CCCCCCC(=O)O. The first-order valence-corrected chi connectivity index (χ1v) is 8.73. The van der Waals surface area contributed by atoms with Gasteiger partial charge in [-0.1, -0.05) is 25.0 Å². The molecule has 0 saturated carbocycles. The van der Waals surface area contributed by atoms with Gasteiger partial charge in [-0.3, -0.25) is 9.59 Å². The van der Waals surface area contributed by atoms with Gasteiger partial charge in [-0.05, 0) is 51.4 Å². The molecule has 0 rings (SSSR count). The van der Waals surface area contributed by atoms with Gasteiger partial charge in [-0.25, -0.2) is 0 Å². The third kappa shape index (κ3) is 15.1. The summed E-state index contributed by atoms with van der Waals surface area (Å²) in [7, 11) is 0. The highest BCUT2D eigenvalue weighted by Crippen LogP contribution is 2.15. The predicted molar refractivity (Wildman–Crippen MR) is 93.3 cm³/mol. The Kier molecular flexibility index (Phi) is 14.3. The minimum Gasteiger partial charge on any atom is -0.481 e. The summed E-state index contributed by atoms with van der Waals surface area (Å²) in [6.07, 6.45) is 13.2. The van der Waals surface area contributed by atoms with E-state index < -0.39 is 5.97 Å².